The van der Waals surface area contributed by atoms with E-state index in [1.165, 1.54) is 17.0 Å². The van der Waals surface area contributed by atoms with Crippen LogP contribution < -0.4 is 15.5 Å². The quantitative estimate of drug-likeness (QED) is 0.198. The monoisotopic (exact) mass is 574 g/mol. The second kappa shape index (κ2) is 11.3. The first-order valence-electron chi connectivity index (χ1n) is 12.0. The Labute approximate surface area is 230 Å². The smallest absolute Gasteiger partial charge is 0.326 e. The second-order valence-electron chi connectivity index (χ2n) is 9.28. The molecule has 0 aliphatic carbocycles. The molecule has 2 atom stereocenters. The van der Waals surface area contributed by atoms with Gasteiger partial charge in [-0.15, -0.1) is 0 Å². The Balaban J connectivity index is 1.45. The molecule has 2 aromatic carbocycles. The summed E-state index contributed by atoms with van der Waals surface area (Å²) in [5, 5.41) is 34.3. The van der Waals surface area contributed by atoms with Crippen molar-refractivity contribution in [2.24, 2.45) is 0 Å². The number of nitrogens with zero attached hydrogens (tertiary/aromatic N) is 1. The van der Waals surface area contributed by atoms with Crippen LogP contribution in [0.4, 0.5) is 10.1 Å². The summed E-state index contributed by atoms with van der Waals surface area (Å²) in [5.41, 5.74) is -1.17. The molecule has 1 aliphatic heterocycles. The van der Waals surface area contributed by atoms with Crippen molar-refractivity contribution in [2.75, 3.05) is 11.4 Å². The van der Waals surface area contributed by atoms with Crippen molar-refractivity contribution in [1.82, 2.24) is 15.6 Å². The molecule has 3 aromatic rings. The van der Waals surface area contributed by atoms with Gasteiger partial charge in [0, 0.05) is 47.5 Å². The highest BCUT2D eigenvalue weighted by Crippen LogP contribution is 2.31. The molecule has 0 spiro atoms. The molecular weight excluding hydrogens is 551 g/mol. The van der Waals surface area contributed by atoms with E-state index in [1.54, 1.807) is 18.2 Å². The minimum atomic E-state index is -2.35. The summed E-state index contributed by atoms with van der Waals surface area (Å²) >= 11 is 5.82. The number of halogens is 2. The summed E-state index contributed by atoms with van der Waals surface area (Å²) < 4.78 is 13.6. The van der Waals surface area contributed by atoms with Gasteiger partial charge in [0.2, 0.25) is 5.60 Å². The number of nitrogens with one attached hydrogen (secondary N) is 3. The predicted molar refractivity (Wildman–Crippen MR) is 139 cm³/mol. The Bertz CT molecular complexity index is 1510. The van der Waals surface area contributed by atoms with Gasteiger partial charge in [0.25, 0.3) is 17.7 Å². The number of carbonyl (C=O) groups is 5. The van der Waals surface area contributed by atoms with Crippen molar-refractivity contribution in [3.05, 3.63) is 64.6 Å². The lowest BCUT2D eigenvalue weighted by Gasteiger charge is -2.22. The maximum atomic E-state index is 13.6. The van der Waals surface area contributed by atoms with Gasteiger partial charge in [0.15, 0.2) is 0 Å². The topological polar surface area (TPSA) is 189 Å². The summed E-state index contributed by atoms with van der Waals surface area (Å²) in [6.45, 7) is -0.146. The Morgan fingerprint density at radius 1 is 1.12 bits per heavy atom. The average Bonchev–Trinajstić information content (AvgIpc) is 3.45. The number of anilines is 1. The summed E-state index contributed by atoms with van der Waals surface area (Å²) in [4.78, 5) is 64.7. The highest BCUT2D eigenvalue weighted by atomic mass is 35.5. The summed E-state index contributed by atoms with van der Waals surface area (Å²) in [5.74, 6) is -5.75. The highest BCUT2D eigenvalue weighted by Gasteiger charge is 2.51. The van der Waals surface area contributed by atoms with Crippen molar-refractivity contribution in [3.63, 3.8) is 0 Å². The van der Waals surface area contributed by atoms with Gasteiger partial charge in [-0.3, -0.25) is 19.2 Å². The van der Waals surface area contributed by atoms with E-state index in [0.29, 0.717) is 22.2 Å². The number of hydrogen-bond donors (Lipinski definition) is 6. The van der Waals surface area contributed by atoms with Crippen LogP contribution in [-0.2, 0) is 25.7 Å². The first-order valence-corrected chi connectivity index (χ1v) is 12.4. The van der Waals surface area contributed by atoms with Crippen molar-refractivity contribution in [1.29, 1.82) is 0 Å². The van der Waals surface area contributed by atoms with Crippen molar-refractivity contribution >= 4 is 57.9 Å². The molecule has 3 amide bonds. The lowest BCUT2D eigenvalue weighted by Crippen LogP contribution is -2.52. The molecule has 4 rings (SSSR count). The Morgan fingerprint density at radius 3 is 2.55 bits per heavy atom. The number of aromatic amines is 1. The number of carbonyl (C=O) groups excluding carboxylic acids is 3. The summed E-state index contributed by atoms with van der Waals surface area (Å²) in [6, 6.07) is 8.39. The number of amides is 3. The first-order chi connectivity index (χ1) is 18.9. The first kappa shape index (κ1) is 28.5. The molecule has 0 saturated carbocycles. The van der Waals surface area contributed by atoms with E-state index in [9.17, 15) is 38.6 Å². The largest absolute Gasteiger partial charge is 0.481 e. The Kier molecular flexibility index (Phi) is 8.07. The van der Waals surface area contributed by atoms with E-state index in [0.717, 1.165) is 12.1 Å². The lowest BCUT2D eigenvalue weighted by atomic mass is 10.0. The molecule has 210 valence electrons. The van der Waals surface area contributed by atoms with Crippen molar-refractivity contribution in [3.8, 4) is 0 Å². The second-order valence-corrected chi connectivity index (χ2v) is 9.72. The van der Waals surface area contributed by atoms with Gasteiger partial charge >= 0.3 is 11.9 Å². The van der Waals surface area contributed by atoms with Crippen LogP contribution in [-0.4, -0.2) is 68.2 Å². The average molecular weight is 575 g/mol. The third-order valence-corrected chi connectivity index (χ3v) is 6.68. The molecule has 40 heavy (non-hydrogen) atoms. The van der Waals surface area contributed by atoms with Crippen LogP contribution in [0.2, 0.25) is 5.02 Å². The summed E-state index contributed by atoms with van der Waals surface area (Å²) in [6.07, 6.45) is -0.946. The van der Waals surface area contributed by atoms with E-state index in [2.05, 4.69) is 15.6 Å². The van der Waals surface area contributed by atoms with Crippen molar-refractivity contribution in [2.45, 2.75) is 37.5 Å². The van der Waals surface area contributed by atoms with Crippen LogP contribution in [0.3, 0.4) is 0 Å². The molecule has 12 nitrogen and oxygen atoms in total. The number of carboxylic acids is 2. The SMILES string of the molecule is O=C(O)CC[C@H](NC(=O)c1cc2cc(N3CC[C@](O)(C(=O)NCc4cc(F)cc(Cl)c4)C3=O)ccc2[nH]1)C(=O)O. The van der Waals surface area contributed by atoms with Gasteiger partial charge < -0.3 is 35.8 Å². The van der Waals surface area contributed by atoms with E-state index in [1.807, 2.05) is 0 Å². The van der Waals surface area contributed by atoms with Gasteiger partial charge in [0.1, 0.15) is 17.6 Å². The number of H-pyrrole nitrogens is 1. The number of rotatable bonds is 10. The number of hydrogen-bond acceptors (Lipinski definition) is 6. The van der Waals surface area contributed by atoms with E-state index >= 15 is 0 Å². The fraction of sp³-hybridized carbons (Fsp3) is 0.269. The number of aliphatic hydroxyl groups is 1. The van der Waals surface area contributed by atoms with Crippen LogP contribution in [0.1, 0.15) is 35.3 Å². The van der Waals surface area contributed by atoms with Crippen LogP contribution in [0.25, 0.3) is 10.9 Å². The predicted octanol–water partition coefficient (Wildman–Crippen LogP) is 1.79. The van der Waals surface area contributed by atoms with Crippen LogP contribution in [0.5, 0.6) is 0 Å². The molecule has 1 aliphatic rings. The van der Waals surface area contributed by atoms with E-state index in [4.69, 9.17) is 16.7 Å². The van der Waals surface area contributed by atoms with E-state index < -0.39 is 53.5 Å². The third kappa shape index (κ3) is 6.05. The molecule has 0 bridgehead atoms. The number of fused-ring (bicyclic) bond motifs is 1. The number of benzene rings is 2. The molecule has 14 heteroatoms. The molecule has 6 N–H and O–H groups in total. The fourth-order valence-corrected chi connectivity index (χ4v) is 4.62. The zero-order valence-electron chi connectivity index (χ0n) is 20.7. The molecule has 1 fully saturated rings. The van der Waals surface area contributed by atoms with Crippen LogP contribution in [0, 0.1) is 5.82 Å². The van der Waals surface area contributed by atoms with Gasteiger partial charge in [0.05, 0.1) is 0 Å². The zero-order valence-corrected chi connectivity index (χ0v) is 21.5. The molecular formula is C26H24ClFN4O8. The minimum Gasteiger partial charge on any atom is -0.481 e. The normalized spacial score (nSPS) is 17.6. The highest BCUT2D eigenvalue weighted by molar-refractivity contribution is 6.30. The standard InChI is InChI=1S/C26H24ClFN4O8/c27-15-7-13(8-16(28)11-15)12-29-24(38)26(40)5-6-32(25(26)39)17-1-2-18-14(9-17)10-20(30-18)22(35)31-19(23(36)37)3-4-21(33)34/h1-2,7-11,19,30,40H,3-6,12H2,(H,29,38)(H,31,35)(H,33,34)(H,36,37)/t19-,26-/m0/s1. The zero-order chi connectivity index (χ0) is 29.2. The van der Waals surface area contributed by atoms with Gasteiger partial charge in [-0.1, -0.05) is 11.6 Å². The lowest BCUT2D eigenvalue weighted by molar-refractivity contribution is -0.149. The van der Waals surface area contributed by atoms with E-state index in [-0.39, 0.29) is 36.6 Å². The number of aliphatic carboxylic acids is 2. The maximum Gasteiger partial charge on any atom is 0.326 e. The molecule has 1 aromatic heterocycles. The number of aromatic nitrogens is 1. The molecule has 0 radical (unpaired) electrons. The number of carboxylic acid groups (broad SMARTS) is 2. The minimum absolute atomic E-state index is 0.00908. The summed E-state index contributed by atoms with van der Waals surface area (Å²) in [7, 11) is 0. The maximum absolute atomic E-state index is 13.6. The molecule has 2 heterocycles. The fourth-order valence-electron chi connectivity index (χ4n) is 4.38. The van der Waals surface area contributed by atoms with Gasteiger partial charge in [-0.2, -0.15) is 0 Å². The van der Waals surface area contributed by atoms with Gasteiger partial charge in [-0.05, 0) is 54.4 Å². The third-order valence-electron chi connectivity index (χ3n) is 6.46. The van der Waals surface area contributed by atoms with Crippen molar-refractivity contribution < 1.29 is 43.7 Å². The Morgan fingerprint density at radius 2 is 1.88 bits per heavy atom. The van der Waals surface area contributed by atoms with Crippen LogP contribution >= 0.6 is 11.6 Å². The molecule has 0 unspecified atom stereocenters. The molecule has 1 saturated heterocycles. The van der Waals surface area contributed by atoms with Gasteiger partial charge in [-0.25, -0.2) is 9.18 Å². The van der Waals surface area contributed by atoms with Crippen LogP contribution in [0.15, 0.2) is 42.5 Å². The Hall–Kier alpha value is -4.49.